The molecule has 0 radical (unpaired) electrons. The molecule has 0 amide bonds. The van der Waals surface area contributed by atoms with Gasteiger partial charge in [0.05, 0.1) is 6.10 Å². The Morgan fingerprint density at radius 1 is 1.53 bits per heavy atom. The third-order valence-electron chi connectivity index (χ3n) is 3.73. The third kappa shape index (κ3) is 4.39. The second kappa shape index (κ2) is 7.55. The van der Waals surface area contributed by atoms with Crippen LogP contribution in [0.15, 0.2) is 18.2 Å². The van der Waals surface area contributed by atoms with Gasteiger partial charge in [0.1, 0.15) is 5.82 Å². The van der Waals surface area contributed by atoms with Crippen molar-refractivity contribution < 1.29 is 9.13 Å². The van der Waals surface area contributed by atoms with Crippen LogP contribution in [0, 0.1) is 9.39 Å². The molecule has 1 N–H and O–H groups in total. The molecular weight excluding hydrogens is 356 g/mol. The van der Waals surface area contributed by atoms with Gasteiger partial charge >= 0.3 is 0 Å². The highest BCUT2D eigenvalue weighted by atomic mass is 127. The monoisotopic (exact) mass is 377 g/mol. The molecule has 2 nitrogen and oxygen atoms in total. The zero-order valence-electron chi connectivity index (χ0n) is 11.3. The normalized spacial score (nSPS) is 20.7. The molecule has 0 aliphatic carbocycles. The Kier molecular flexibility index (Phi) is 6.04. The van der Waals surface area contributed by atoms with Crippen molar-refractivity contribution in [1.29, 1.82) is 0 Å². The lowest BCUT2D eigenvalue weighted by molar-refractivity contribution is 0.101. The topological polar surface area (TPSA) is 21.3 Å². The molecular formula is C15H21FINO. The van der Waals surface area contributed by atoms with Crippen LogP contribution in [0.3, 0.4) is 0 Å². The fourth-order valence-corrected chi connectivity index (χ4v) is 3.51. The number of benzene rings is 1. The fourth-order valence-electron chi connectivity index (χ4n) is 2.66. The van der Waals surface area contributed by atoms with E-state index in [1.165, 1.54) is 18.4 Å². The highest BCUT2D eigenvalue weighted by molar-refractivity contribution is 14.1. The van der Waals surface area contributed by atoms with Gasteiger partial charge in [0.25, 0.3) is 0 Å². The van der Waals surface area contributed by atoms with E-state index in [1.807, 2.05) is 13.1 Å². The van der Waals surface area contributed by atoms with Crippen LogP contribution in [0.4, 0.5) is 4.39 Å². The Hall–Kier alpha value is -0.200. The molecule has 1 heterocycles. The first-order chi connectivity index (χ1) is 9.20. The molecule has 0 spiro atoms. The summed E-state index contributed by atoms with van der Waals surface area (Å²) in [5, 5.41) is 3.34. The van der Waals surface area contributed by atoms with Crippen molar-refractivity contribution in [2.45, 2.75) is 44.2 Å². The maximum absolute atomic E-state index is 13.1. The summed E-state index contributed by atoms with van der Waals surface area (Å²) in [4.78, 5) is 0. The van der Waals surface area contributed by atoms with Gasteiger partial charge in [-0.15, -0.1) is 0 Å². The van der Waals surface area contributed by atoms with Gasteiger partial charge in [0.15, 0.2) is 0 Å². The minimum Gasteiger partial charge on any atom is -0.378 e. The van der Waals surface area contributed by atoms with Crippen molar-refractivity contribution in [1.82, 2.24) is 5.32 Å². The number of nitrogens with one attached hydrogen (secondary N) is 1. The zero-order chi connectivity index (χ0) is 13.7. The van der Waals surface area contributed by atoms with Crippen LogP contribution in [-0.2, 0) is 4.74 Å². The number of ether oxygens (including phenoxy) is 1. The second-order valence-electron chi connectivity index (χ2n) is 5.07. The second-order valence-corrected chi connectivity index (χ2v) is 6.24. The molecule has 1 aromatic rings. The molecule has 4 heteroatoms. The van der Waals surface area contributed by atoms with E-state index >= 15 is 0 Å². The predicted octanol–water partition coefficient (Wildman–Crippen LogP) is 4.04. The third-order valence-corrected chi connectivity index (χ3v) is 4.66. The van der Waals surface area contributed by atoms with Crippen LogP contribution < -0.4 is 5.32 Å². The van der Waals surface area contributed by atoms with E-state index in [-0.39, 0.29) is 5.82 Å². The van der Waals surface area contributed by atoms with Crippen molar-refractivity contribution in [3.8, 4) is 0 Å². The molecule has 1 aromatic carbocycles. The molecule has 1 aliphatic heterocycles. The lowest BCUT2D eigenvalue weighted by atomic mass is 9.99. The summed E-state index contributed by atoms with van der Waals surface area (Å²) < 4.78 is 19.8. The summed E-state index contributed by atoms with van der Waals surface area (Å²) >= 11 is 2.21. The molecule has 0 saturated carbocycles. The smallest absolute Gasteiger partial charge is 0.124 e. The SMILES string of the molecule is CNC(CCCC1CCCO1)c1ccc(F)cc1I. The summed E-state index contributed by atoms with van der Waals surface area (Å²) in [6.07, 6.45) is 6.22. The van der Waals surface area contributed by atoms with Crippen molar-refractivity contribution in [2.24, 2.45) is 0 Å². The first-order valence-electron chi connectivity index (χ1n) is 6.94. The van der Waals surface area contributed by atoms with E-state index in [0.717, 1.165) is 29.4 Å². The average molecular weight is 377 g/mol. The van der Waals surface area contributed by atoms with Gasteiger partial charge in [-0.05, 0) is 79.4 Å². The quantitative estimate of drug-likeness (QED) is 0.756. The van der Waals surface area contributed by atoms with Crippen molar-refractivity contribution >= 4 is 22.6 Å². The molecule has 2 rings (SSSR count). The van der Waals surface area contributed by atoms with Crippen molar-refractivity contribution in [3.05, 3.63) is 33.1 Å². The summed E-state index contributed by atoms with van der Waals surface area (Å²) in [5.74, 6) is -0.164. The van der Waals surface area contributed by atoms with E-state index in [1.54, 1.807) is 12.1 Å². The lowest BCUT2D eigenvalue weighted by Crippen LogP contribution is -2.18. The molecule has 2 atom stereocenters. The standard InChI is InChI=1S/C15H21FINO/c1-18-15(6-2-4-12-5-3-9-19-12)13-8-7-11(16)10-14(13)17/h7-8,10,12,15,18H,2-6,9H2,1H3. The summed E-state index contributed by atoms with van der Waals surface area (Å²) in [7, 11) is 1.97. The number of halogens is 2. The summed E-state index contributed by atoms with van der Waals surface area (Å²) in [6, 6.07) is 5.33. The minimum absolute atomic E-state index is 0.164. The number of hydrogen-bond acceptors (Lipinski definition) is 2. The highest BCUT2D eigenvalue weighted by Crippen LogP contribution is 2.26. The number of hydrogen-bond donors (Lipinski definition) is 1. The molecule has 2 unspecified atom stereocenters. The van der Waals surface area contributed by atoms with Crippen LogP contribution in [0.5, 0.6) is 0 Å². The van der Waals surface area contributed by atoms with Gasteiger partial charge in [0.2, 0.25) is 0 Å². The Labute approximate surface area is 128 Å². The van der Waals surface area contributed by atoms with Gasteiger partial charge < -0.3 is 10.1 Å². The Bertz CT molecular complexity index is 407. The fraction of sp³-hybridized carbons (Fsp3) is 0.600. The molecule has 0 bridgehead atoms. The van der Waals surface area contributed by atoms with Gasteiger partial charge in [0, 0.05) is 16.2 Å². The summed E-state index contributed by atoms with van der Waals surface area (Å²) in [5.41, 5.74) is 1.19. The van der Waals surface area contributed by atoms with Gasteiger partial charge in [-0.3, -0.25) is 0 Å². The van der Waals surface area contributed by atoms with Crippen LogP contribution in [0.2, 0.25) is 0 Å². The Balaban J connectivity index is 1.88. The van der Waals surface area contributed by atoms with E-state index in [2.05, 4.69) is 27.9 Å². The molecule has 1 saturated heterocycles. The maximum Gasteiger partial charge on any atom is 0.124 e. The van der Waals surface area contributed by atoms with Gasteiger partial charge in [-0.2, -0.15) is 0 Å². The summed E-state index contributed by atoms with van der Waals surface area (Å²) in [6.45, 7) is 0.927. The predicted molar refractivity (Wildman–Crippen MR) is 83.7 cm³/mol. The Morgan fingerprint density at radius 3 is 3.00 bits per heavy atom. The van der Waals surface area contributed by atoms with Gasteiger partial charge in [-0.1, -0.05) is 6.07 Å². The van der Waals surface area contributed by atoms with Gasteiger partial charge in [-0.25, -0.2) is 4.39 Å². The van der Waals surface area contributed by atoms with Crippen molar-refractivity contribution in [2.75, 3.05) is 13.7 Å². The molecule has 1 aliphatic rings. The highest BCUT2D eigenvalue weighted by Gasteiger charge is 2.17. The van der Waals surface area contributed by atoms with E-state index in [0.29, 0.717) is 12.1 Å². The maximum atomic E-state index is 13.1. The number of rotatable bonds is 6. The van der Waals surface area contributed by atoms with E-state index in [9.17, 15) is 4.39 Å². The molecule has 106 valence electrons. The molecule has 1 fully saturated rings. The van der Waals surface area contributed by atoms with E-state index < -0.39 is 0 Å². The van der Waals surface area contributed by atoms with Crippen LogP contribution >= 0.6 is 22.6 Å². The van der Waals surface area contributed by atoms with Crippen LogP contribution in [-0.4, -0.2) is 19.8 Å². The van der Waals surface area contributed by atoms with Crippen LogP contribution in [0.25, 0.3) is 0 Å². The van der Waals surface area contributed by atoms with Crippen molar-refractivity contribution in [3.63, 3.8) is 0 Å². The molecule has 19 heavy (non-hydrogen) atoms. The Morgan fingerprint density at radius 2 is 2.37 bits per heavy atom. The largest absolute Gasteiger partial charge is 0.378 e. The first kappa shape index (κ1) is 15.2. The first-order valence-corrected chi connectivity index (χ1v) is 8.02. The van der Waals surface area contributed by atoms with Crippen LogP contribution in [0.1, 0.15) is 43.7 Å². The minimum atomic E-state index is -0.164. The average Bonchev–Trinajstić information content (AvgIpc) is 2.89. The van der Waals surface area contributed by atoms with E-state index in [4.69, 9.17) is 4.74 Å². The zero-order valence-corrected chi connectivity index (χ0v) is 13.5. The lowest BCUT2D eigenvalue weighted by Gasteiger charge is -2.19. The molecule has 0 aromatic heterocycles.